The van der Waals surface area contributed by atoms with Gasteiger partial charge in [-0.1, -0.05) is 11.6 Å². The van der Waals surface area contributed by atoms with Crippen LogP contribution in [0.15, 0.2) is 11.4 Å². The van der Waals surface area contributed by atoms with Gasteiger partial charge in [0.2, 0.25) is 5.91 Å². The zero-order chi connectivity index (χ0) is 10.8. The van der Waals surface area contributed by atoms with Crippen molar-refractivity contribution in [2.24, 2.45) is 0 Å². The van der Waals surface area contributed by atoms with Crippen molar-refractivity contribution in [1.82, 2.24) is 10.2 Å². The second-order valence-corrected chi connectivity index (χ2v) is 5.15. The second kappa shape index (κ2) is 4.51. The van der Waals surface area contributed by atoms with Gasteiger partial charge in [0.1, 0.15) is 0 Å². The van der Waals surface area contributed by atoms with E-state index in [1.54, 1.807) is 16.2 Å². The molecular weight excluding hydrogens is 232 g/mol. The number of likely N-dealkylation sites (tertiary alicyclic amines) is 1. The third kappa shape index (κ3) is 2.51. The molecule has 2 heterocycles. The monoisotopic (exact) mass is 244 g/mol. The number of likely N-dealkylation sites (N-methyl/N-ethyl adjacent to an activating group) is 1. The quantitative estimate of drug-likeness (QED) is 0.878. The fourth-order valence-electron chi connectivity index (χ4n) is 1.68. The summed E-state index contributed by atoms with van der Waals surface area (Å²) < 4.78 is 0. The maximum absolute atomic E-state index is 11.6. The third-order valence-corrected chi connectivity index (χ3v) is 3.86. The lowest BCUT2D eigenvalue weighted by molar-refractivity contribution is -0.128. The molecule has 0 bridgehead atoms. The van der Waals surface area contributed by atoms with E-state index in [1.807, 2.05) is 18.5 Å². The summed E-state index contributed by atoms with van der Waals surface area (Å²) in [6, 6.07) is 1.92. The Balaban J connectivity index is 1.86. The largest absolute Gasteiger partial charge is 0.344 e. The average Bonchev–Trinajstić information content (AvgIpc) is 2.74. The summed E-state index contributed by atoms with van der Waals surface area (Å²) in [4.78, 5) is 14.5. The number of hydrogen-bond donors (Lipinski definition) is 1. The number of rotatable bonds is 3. The van der Waals surface area contributed by atoms with E-state index >= 15 is 0 Å². The first-order valence-corrected chi connectivity index (χ1v) is 6.14. The molecule has 1 saturated heterocycles. The molecular formula is C10H13ClN2OS. The van der Waals surface area contributed by atoms with E-state index < -0.39 is 0 Å². The van der Waals surface area contributed by atoms with Crippen molar-refractivity contribution in [3.05, 3.63) is 21.3 Å². The number of nitrogens with one attached hydrogen (secondary N) is 1. The first kappa shape index (κ1) is 10.9. The number of thiophene rings is 1. The van der Waals surface area contributed by atoms with Gasteiger partial charge in [0, 0.05) is 30.4 Å². The Hall–Kier alpha value is -0.580. The molecule has 2 rings (SSSR count). The van der Waals surface area contributed by atoms with Crippen LogP contribution in [-0.4, -0.2) is 30.4 Å². The van der Waals surface area contributed by atoms with Crippen LogP contribution in [0.2, 0.25) is 5.02 Å². The molecule has 1 fully saturated rings. The number of amides is 1. The molecule has 5 heteroatoms. The molecule has 0 saturated carbocycles. The zero-order valence-electron chi connectivity index (χ0n) is 8.50. The average molecular weight is 245 g/mol. The molecule has 0 radical (unpaired) electrons. The Morgan fingerprint density at radius 1 is 1.73 bits per heavy atom. The minimum atomic E-state index is -0.0177. The summed E-state index contributed by atoms with van der Waals surface area (Å²) in [5, 5.41) is 5.93. The van der Waals surface area contributed by atoms with Gasteiger partial charge in [-0.05, 0) is 12.5 Å². The molecule has 1 amide bonds. The molecule has 1 unspecified atom stereocenters. The molecule has 0 aromatic carbocycles. The lowest BCUT2D eigenvalue weighted by Crippen LogP contribution is -2.36. The SMILES string of the molecule is CN1CCC(NCc2cc(Cl)cs2)C1=O. The highest BCUT2D eigenvalue weighted by atomic mass is 35.5. The van der Waals surface area contributed by atoms with Crippen LogP contribution in [0.4, 0.5) is 0 Å². The third-order valence-electron chi connectivity index (χ3n) is 2.57. The van der Waals surface area contributed by atoms with Gasteiger partial charge in [-0.3, -0.25) is 4.79 Å². The van der Waals surface area contributed by atoms with Gasteiger partial charge in [0.25, 0.3) is 0 Å². The molecule has 15 heavy (non-hydrogen) atoms. The highest BCUT2D eigenvalue weighted by Gasteiger charge is 2.28. The van der Waals surface area contributed by atoms with Crippen LogP contribution in [0.3, 0.4) is 0 Å². The van der Waals surface area contributed by atoms with Gasteiger partial charge in [-0.25, -0.2) is 0 Å². The summed E-state index contributed by atoms with van der Waals surface area (Å²) in [5.74, 6) is 0.192. The number of nitrogens with zero attached hydrogens (tertiary/aromatic N) is 1. The van der Waals surface area contributed by atoms with Crippen molar-refractivity contribution in [2.75, 3.05) is 13.6 Å². The lowest BCUT2D eigenvalue weighted by atomic mass is 10.2. The van der Waals surface area contributed by atoms with Crippen LogP contribution < -0.4 is 5.32 Å². The Morgan fingerprint density at radius 2 is 2.53 bits per heavy atom. The molecule has 1 aliphatic heterocycles. The van der Waals surface area contributed by atoms with E-state index in [-0.39, 0.29) is 11.9 Å². The Kier molecular flexibility index (Phi) is 3.29. The fraction of sp³-hybridized carbons (Fsp3) is 0.500. The van der Waals surface area contributed by atoms with Crippen molar-refractivity contribution in [2.45, 2.75) is 19.0 Å². The van der Waals surface area contributed by atoms with Crippen LogP contribution >= 0.6 is 22.9 Å². The lowest BCUT2D eigenvalue weighted by Gasteiger charge is -2.11. The Morgan fingerprint density at radius 3 is 3.07 bits per heavy atom. The summed E-state index contributed by atoms with van der Waals surface area (Å²) in [6.45, 7) is 1.57. The van der Waals surface area contributed by atoms with Crippen LogP contribution in [0.1, 0.15) is 11.3 Å². The summed E-state index contributed by atoms with van der Waals surface area (Å²) in [6.07, 6.45) is 0.897. The predicted molar refractivity (Wildman–Crippen MR) is 62.2 cm³/mol. The van der Waals surface area contributed by atoms with Crippen molar-refractivity contribution in [1.29, 1.82) is 0 Å². The Labute approximate surface area is 98.0 Å². The number of carbonyl (C=O) groups is 1. The second-order valence-electron chi connectivity index (χ2n) is 3.71. The predicted octanol–water partition coefficient (Wildman–Crippen LogP) is 1.72. The van der Waals surface area contributed by atoms with Crippen molar-refractivity contribution in [3.63, 3.8) is 0 Å². The van der Waals surface area contributed by atoms with Crippen LogP contribution in [0.5, 0.6) is 0 Å². The highest BCUT2D eigenvalue weighted by molar-refractivity contribution is 7.10. The smallest absolute Gasteiger partial charge is 0.239 e. The van der Waals surface area contributed by atoms with Crippen molar-refractivity contribution in [3.8, 4) is 0 Å². The fourth-order valence-corrected chi connectivity index (χ4v) is 2.71. The van der Waals surface area contributed by atoms with E-state index in [9.17, 15) is 4.79 Å². The van der Waals surface area contributed by atoms with Crippen molar-refractivity contribution < 1.29 is 4.79 Å². The van der Waals surface area contributed by atoms with Crippen LogP contribution in [0.25, 0.3) is 0 Å². The summed E-state index contributed by atoms with van der Waals surface area (Å²) in [5.41, 5.74) is 0. The van der Waals surface area contributed by atoms with E-state index in [1.165, 1.54) is 4.88 Å². The van der Waals surface area contributed by atoms with Gasteiger partial charge in [0.15, 0.2) is 0 Å². The molecule has 1 atom stereocenters. The van der Waals surface area contributed by atoms with E-state index in [4.69, 9.17) is 11.6 Å². The van der Waals surface area contributed by atoms with Gasteiger partial charge >= 0.3 is 0 Å². The number of halogens is 1. The maximum atomic E-state index is 11.6. The molecule has 1 aromatic heterocycles. The minimum absolute atomic E-state index is 0.0177. The molecule has 82 valence electrons. The topological polar surface area (TPSA) is 32.3 Å². The Bertz CT molecular complexity index is 366. The first-order valence-electron chi connectivity index (χ1n) is 4.88. The van der Waals surface area contributed by atoms with Gasteiger partial charge in [-0.15, -0.1) is 11.3 Å². The minimum Gasteiger partial charge on any atom is -0.344 e. The van der Waals surface area contributed by atoms with Gasteiger partial charge in [-0.2, -0.15) is 0 Å². The summed E-state index contributed by atoms with van der Waals surface area (Å²) in [7, 11) is 1.84. The standard InChI is InChI=1S/C10H13ClN2OS/c1-13-3-2-9(10(13)14)12-5-8-4-7(11)6-15-8/h4,6,9,12H,2-3,5H2,1H3. The van der Waals surface area contributed by atoms with E-state index in [2.05, 4.69) is 5.32 Å². The molecule has 1 aromatic rings. The highest BCUT2D eigenvalue weighted by Crippen LogP contribution is 2.19. The zero-order valence-corrected chi connectivity index (χ0v) is 10.1. The molecule has 1 aliphatic rings. The normalized spacial score (nSPS) is 21.3. The molecule has 0 spiro atoms. The molecule has 3 nitrogen and oxygen atoms in total. The van der Waals surface area contributed by atoms with E-state index in [0.29, 0.717) is 0 Å². The van der Waals surface area contributed by atoms with Gasteiger partial charge < -0.3 is 10.2 Å². The molecule has 0 aliphatic carbocycles. The van der Waals surface area contributed by atoms with E-state index in [0.717, 1.165) is 24.5 Å². The summed E-state index contributed by atoms with van der Waals surface area (Å²) >= 11 is 7.43. The van der Waals surface area contributed by atoms with Crippen molar-refractivity contribution >= 4 is 28.8 Å². The first-order chi connectivity index (χ1) is 7.16. The number of hydrogen-bond acceptors (Lipinski definition) is 3. The van der Waals surface area contributed by atoms with Crippen LogP contribution in [0, 0.1) is 0 Å². The molecule has 1 N–H and O–H groups in total. The van der Waals surface area contributed by atoms with Crippen LogP contribution in [-0.2, 0) is 11.3 Å². The number of carbonyl (C=O) groups excluding carboxylic acids is 1. The maximum Gasteiger partial charge on any atom is 0.239 e. The van der Waals surface area contributed by atoms with Gasteiger partial charge in [0.05, 0.1) is 11.1 Å².